The van der Waals surface area contributed by atoms with Gasteiger partial charge in [0.25, 0.3) is 0 Å². The van der Waals surface area contributed by atoms with E-state index in [1.165, 1.54) is 5.56 Å². The first kappa shape index (κ1) is 22.2. The first-order valence-electron chi connectivity index (χ1n) is 9.92. The van der Waals surface area contributed by atoms with E-state index in [0.717, 1.165) is 23.5 Å². The molecule has 7 nitrogen and oxygen atoms in total. The van der Waals surface area contributed by atoms with Crippen LogP contribution in [0, 0.1) is 13.8 Å². The Morgan fingerprint density at radius 1 is 0.968 bits per heavy atom. The Kier molecular flexibility index (Phi) is 7.89. The average molecular weight is 435 g/mol. The van der Waals surface area contributed by atoms with Gasteiger partial charge >= 0.3 is 0 Å². The lowest BCUT2D eigenvalue weighted by Crippen LogP contribution is -2.39. The number of aryl methyl sites for hydroxylation is 2. The molecule has 0 unspecified atom stereocenters. The normalized spacial score (nSPS) is 11.0. The fourth-order valence-corrected chi connectivity index (χ4v) is 3.16. The highest BCUT2D eigenvalue weighted by atomic mass is 32.1. The molecule has 160 valence electrons. The summed E-state index contributed by atoms with van der Waals surface area (Å²) < 4.78 is 5.37. The molecule has 0 saturated heterocycles. The number of rotatable bonds is 6. The van der Waals surface area contributed by atoms with Gasteiger partial charge in [0.15, 0.2) is 5.11 Å². The maximum Gasteiger partial charge on any atom is 0.229 e. The molecule has 0 spiro atoms. The highest BCUT2D eigenvalue weighted by Crippen LogP contribution is 2.22. The molecule has 2 aromatic carbocycles. The van der Waals surface area contributed by atoms with E-state index in [0.29, 0.717) is 29.3 Å². The van der Waals surface area contributed by atoms with Crippen LogP contribution in [-0.4, -0.2) is 34.7 Å². The molecular formula is C23H26N6OS. The summed E-state index contributed by atoms with van der Waals surface area (Å²) in [5, 5.41) is 9.78. The first-order chi connectivity index (χ1) is 15.0. The minimum atomic E-state index is 0.375. The number of hydrogen-bond acceptors (Lipinski definition) is 5. The monoisotopic (exact) mass is 434 g/mol. The Bertz CT molecular complexity index is 1030. The average Bonchev–Trinajstić information content (AvgIpc) is 2.74. The van der Waals surface area contributed by atoms with Crippen molar-refractivity contribution >= 4 is 34.9 Å². The van der Waals surface area contributed by atoms with Crippen LogP contribution in [-0.2, 0) is 6.42 Å². The Morgan fingerprint density at radius 2 is 1.65 bits per heavy atom. The van der Waals surface area contributed by atoms with Crippen LogP contribution in [0.3, 0.4) is 0 Å². The Labute approximate surface area is 188 Å². The van der Waals surface area contributed by atoms with Crippen molar-refractivity contribution in [1.29, 1.82) is 0 Å². The molecule has 8 heteroatoms. The van der Waals surface area contributed by atoms with Gasteiger partial charge in [0, 0.05) is 17.9 Å². The van der Waals surface area contributed by atoms with Crippen LogP contribution >= 0.6 is 12.2 Å². The number of benzene rings is 2. The van der Waals surface area contributed by atoms with Gasteiger partial charge in [0.05, 0.1) is 12.8 Å². The second kappa shape index (κ2) is 11.0. The molecule has 1 aromatic heterocycles. The number of thiocarbonyl (C=S) groups is 1. The lowest BCUT2D eigenvalue weighted by Gasteiger charge is -2.15. The lowest BCUT2D eigenvalue weighted by molar-refractivity contribution is 0.417. The van der Waals surface area contributed by atoms with E-state index in [9.17, 15) is 0 Å². The summed E-state index contributed by atoms with van der Waals surface area (Å²) in [6.45, 7) is 4.42. The summed E-state index contributed by atoms with van der Waals surface area (Å²) in [7, 11) is 1.62. The molecule has 0 saturated carbocycles. The zero-order valence-corrected chi connectivity index (χ0v) is 18.7. The molecule has 0 aliphatic rings. The number of nitrogens with one attached hydrogen (secondary N) is 3. The summed E-state index contributed by atoms with van der Waals surface area (Å²) in [6, 6.07) is 19.7. The van der Waals surface area contributed by atoms with E-state index in [2.05, 4.69) is 43.0 Å². The van der Waals surface area contributed by atoms with Crippen molar-refractivity contribution in [2.24, 2.45) is 4.99 Å². The molecule has 0 aliphatic heterocycles. The van der Waals surface area contributed by atoms with Crippen LogP contribution in [0.15, 0.2) is 65.7 Å². The fourth-order valence-electron chi connectivity index (χ4n) is 2.95. The summed E-state index contributed by atoms with van der Waals surface area (Å²) in [4.78, 5) is 13.5. The topological polar surface area (TPSA) is 83.5 Å². The van der Waals surface area contributed by atoms with Crippen LogP contribution in [0.25, 0.3) is 0 Å². The predicted octanol–water partition coefficient (Wildman–Crippen LogP) is 4.10. The van der Waals surface area contributed by atoms with Gasteiger partial charge in [-0.15, -0.1) is 0 Å². The van der Waals surface area contributed by atoms with E-state index < -0.39 is 0 Å². The van der Waals surface area contributed by atoms with E-state index in [1.807, 2.05) is 62.4 Å². The molecule has 0 fully saturated rings. The second-order valence-electron chi connectivity index (χ2n) is 6.84. The van der Waals surface area contributed by atoms with Crippen molar-refractivity contribution in [1.82, 2.24) is 15.3 Å². The van der Waals surface area contributed by atoms with Crippen molar-refractivity contribution < 1.29 is 4.74 Å². The number of para-hydroxylation sites is 2. The lowest BCUT2D eigenvalue weighted by atomic mass is 10.2. The number of ether oxygens (including phenoxy) is 1. The quantitative estimate of drug-likeness (QED) is 0.306. The van der Waals surface area contributed by atoms with Gasteiger partial charge in [0.2, 0.25) is 11.9 Å². The summed E-state index contributed by atoms with van der Waals surface area (Å²) >= 11 is 5.49. The summed E-state index contributed by atoms with van der Waals surface area (Å²) in [5.41, 5.74) is 3.71. The van der Waals surface area contributed by atoms with Crippen molar-refractivity contribution in [2.75, 3.05) is 24.3 Å². The molecule has 0 atom stereocenters. The molecule has 1 heterocycles. The third kappa shape index (κ3) is 7.04. The number of aromatic nitrogens is 2. The molecule has 0 aliphatic carbocycles. The standard InChI is InChI=1S/C23H26N6OS/c1-16-15-17(2)26-22(25-16)28-21(24-14-13-18-9-5-4-6-10-18)29-23(31)27-19-11-7-8-12-20(19)30-3/h4-12,15H,13-14H2,1-3H3,(H3,24,25,26,27,28,29,31). The van der Waals surface area contributed by atoms with E-state index in [1.54, 1.807) is 7.11 Å². The van der Waals surface area contributed by atoms with Crippen LogP contribution in [0.4, 0.5) is 11.6 Å². The third-order valence-corrected chi connectivity index (χ3v) is 4.52. The maximum absolute atomic E-state index is 5.49. The van der Waals surface area contributed by atoms with E-state index in [-0.39, 0.29) is 0 Å². The smallest absolute Gasteiger partial charge is 0.229 e. The number of methoxy groups -OCH3 is 1. The van der Waals surface area contributed by atoms with Gasteiger partial charge in [0.1, 0.15) is 5.75 Å². The minimum absolute atomic E-state index is 0.375. The Hall–Kier alpha value is -3.52. The number of guanidine groups is 1. The predicted molar refractivity (Wildman–Crippen MR) is 130 cm³/mol. The van der Waals surface area contributed by atoms with Crippen LogP contribution in [0.2, 0.25) is 0 Å². The van der Waals surface area contributed by atoms with Crippen molar-refractivity contribution in [3.8, 4) is 5.75 Å². The Balaban J connectivity index is 1.73. The van der Waals surface area contributed by atoms with Gasteiger partial charge in [-0.05, 0) is 56.2 Å². The largest absolute Gasteiger partial charge is 0.495 e. The SMILES string of the molecule is COc1ccccc1NC(=S)NC(=NCCc1ccccc1)Nc1nc(C)cc(C)n1. The fraction of sp³-hybridized carbons (Fsp3) is 0.217. The van der Waals surface area contributed by atoms with Crippen LogP contribution < -0.4 is 20.7 Å². The first-order valence-corrected chi connectivity index (χ1v) is 10.3. The highest BCUT2D eigenvalue weighted by molar-refractivity contribution is 7.80. The maximum atomic E-state index is 5.49. The molecule has 3 N–H and O–H groups in total. The van der Waals surface area contributed by atoms with Crippen molar-refractivity contribution in [2.45, 2.75) is 20.3 Å². The number of aliphatic imine (C=N–C) groups is 1. The molecule has 0 radical (unpaired) electrons. The molecule has 3 aromatic rings. The Morgan fingerprint density at radius 3 is 2.35 bits per heavy atom. The number of anilines is 2. The minimum Gasteiger partial charge on any atom is -0.495 e. The van der Waals surface area contributed by atoms with E-state index in [4.69, 9.17) is 17.0 Å². The zero-order valence-electron chi connectivity index (χ0n) is 17.8. The van der Waals surface area contributed by atoms with Crippen LogP contribution in [0.5, 0.6) is 5.75 Å². The number of hydrogen-bond donors (Lipinski definition) is 3. The van der Waals surface area contributed by atoms with Gasteiger partial charge in [-0.3, -0.25) is 10.3 Å². The summed E-state index contributed by atoms with van der Waals surface area (Å²) in [6.07, 6.45) is 0.800. The van der Waals surface area contributed by atoms with E-state index >= 15 is 0 Å². The summed E-state index contributed by atoms with van der Waals surface area (Å²) in [5.74, 6) is 1.62. The molecule has 3 rings (SSSR count). The zero-order chi connectivity index (χ0) is 22.1. The van der Waals surface area contributed by atoms with Crippen LogP contribution in [0.1, 0.15) is 17.0 Å². The highest BCUT2D eigenvalue weighted by Gasteiger charge is 2.09. The third-order valence-electron chi connectivity index (χ3n) is 4.31. The van der Waals surface area contributed by atoms with Gasteiger partial charge in [-0.1, -0.05) is 42.5 Å². The molecule has 0 bridgehead atoms. The number of nitrogens with zero attached hydrogens (tertiary/aromatic N) is 3. The van der Waals surface area contributed by atoms with Gasteiger partial charge in [-0.25, -0.2) is 9.97 Å². The van der Waals surface area contributed by atoms with Crippen molar-refractivity contribution in [3.63, 3.8) is 0 Å². The molecule has 31 heavy (non-hydrogen) atoms. The second-order valence-corrected chi connectivity index (χ2v) is 7.25. The molecule has 0 amide bonds. The van der Waals surface area contributed by atoms with Gasteiger partial charge < -0.3 is 15.4 Å². The van der Waals surface area contributed by atoms with Crippen molar-refractivity contribution in [3.05, 3.63) is 77.6 Å². The van der Waals surface area contributed by atoms with Gasteiger partial charge in [-0.2, -0.15) is 0 Å². The molecular weight excluding hydrogens is 408 g/mol.